The van der Waals surface area contributed by atoms with Crippen LogP contribution >= 0.6 is 0 Å². The normalized spacial score (nSPS) is 23.1. The summed E-state index contributed by atoms with van der Waals surface area (Å²) in [7, 11) is 1.43. The van der Waals surface area contributed by atoms with Gasteiger partial charge in [-0.05, 0) is 62.8 Å². The minimum atomic E-state index is -0.131. The first-order chi connectivity index (χ1) is 13.5. The quantitative estimate of drug-likeness (QED) is 0.408. The van der Waals surface area contributed by atoms with Gasteiger partial charge in [0.1, 0.15) is 5.84 Å². The van der Waals surface area contributed by atoms with Gasteiger partial charge < -0.3 is 20.7 Å². The highest BCUT2D eigenvalue weighted by Crippen LogP contribution is 2.27. The van der Waals surface area contributed by atoms with E-state index in [2.05, 4.69) is 10.2 Å². The fourth-order valence-corrected chi connectivity index (χ4v) is 4.21. The standard InChI is InChI=1S/C21H30N4O3/c1-28-21(27)16-2-6-17(7-3-16)24-20(26)15-10-12-25(13-11-15)18-8-4-14(5-9-18)19(22)23/h4-5,8-9,15-17H,2-3,6-7,10-13H2,1H3,(H3,22,23)(H,24,26). The number of amides is 1. The first-order valence-electron chi connectivity index (χ1n) is 10.1. The number of piperidine rings is 1. The number of esters is 1. The number of carbonyl (C=O) groups is 2. The van der Waals surface area contributed by atoms with Crippen LogP contribution in [-0.4, -0.2) is 44.0 Å². The summed E-state index contributed by atoms with van der Waals surface area (Å²) in [4.78, 5) is 26.5. The van der Waals surface area contributed by atoms with Crippen LogP contribution in [-0.2, 0) is 14.3 Å². The molecule has 1 aromatic rings. The van der Waals surface area contributed by atoms with Crippen molar-refractivity contribution in [2.24, 2.45) is 17.6 Å². The highest BCUT2D eigenvalue weighted by Gasteiger charge is 2.30. The Labute approximate surface area is 166 Å². The Morgan fingerprint density at radius 1 is 1.04 bits per heavy atom. The topological polar surface area (TPSA) is 109 Å². The van der Waals surface area contributed by atoms with Gasteiger partial charge >= 0.3 is 5.97 Å². The maximum atomic E-state index is 12.6. The van der Waals surface area contributed by atoms with Gasteiger partial charge in [-0.3, -0.25) is 15.0 Å². The molecule has 1 aliphatic carbocycles. The Morgan fingerprint density at radius 2 is 1.64 bits per heavy atom. The molecule has 1 saturated heterocycles. The number of amidine groups is 1. The second-order valence-electron chi connectivity index (χ2n) is 7.80. The van der Waals surface area contributed by atoms with Gasteiger partial charge in [-0.1, -0.05) is 0 Å². The lowest BCUT2D eigenvalue weighted by atomic mass is 9.85. The molecular weight excluding hydrogens is 356 g/mol. The number of nitrogens with two attached hydrogens (primary N) is 1. The van der Waals surface area contributed by atoms with Gasteiger partial charge in [0.15, 0.2) is 0 Å². The lowest BCUT2D eigenvalue weighted by Crippen LogP contribution is -2.45. The van der Waals surface area contributed by atoms with E-state index >= 15 is 0 Å². The predicted molar refractivity (Wildman–Crippen MR) is 108 cm³/mol. The summed E-state index contributed by atoms with van der Waals surface area (Å²) in [5, 5.41) is 10.7. The van der Waals surface area contributed by atoms with Crippen molar-refractivity contribution < 1.29 is 14.3 Å². The predicted octanol–water partition coefficient (Wildman–Crippen LogP) is 2.04. The summed E-state index contributed by atoms with van der Waals surface area (Å²) in [5.74, 6) is 0.117. The van der Waals surface area contributed by atoms with E-state index in [1.54, 1.807) is 0 Å². The van der Waals surface area contributed by atoms with Crippen molar-refractivity contribution in [3.63, 3.8) is 0 Å². The molecule has 1 aromatic carbocycles. The van der Waals surface area contributed by atoms with Crippen LogP contribution in [0, 0.1) is 17.2 Å². The molecule has 0 aromatic heterocycles. The van der Waals surface area contributed by atoms with E-state index in [1.807, 2.05) is 24.3 Å². The van der Waals surface area contributed by atoms with Gasteiger partial charge in [0, 0.05) is 36.3 Å². The molecule has 7 nitrogen and oxygen atoms in total. The smallest absolute Gasteiger partial charge is 0.308 e. The molecule has 152 valence electrons. The Kier molecular flexibility index (Phi) is 6.54. The van der Waals surface area contributed by atoms with Crippen LogP contribution in [0.5, 0.6) is 0 Å². The van der Waals surface area contributed by atoms with Crippen LogP contribution in [0.3, 0.4) is 0 Å². The van der Waals surface area contributed by atoms with Crippen LogP contribution in [0.15, 0.2) is 24.3 Å². The summed E-state index contributed by atoms with van der Waals surface area (Å²) >= 11 is 0. The van der Waals surface area contributed by atoms with Crippen molar-refractivity contribution in [1.29, 1.82) is 5.41 Å². The summed E-state index contributed by atoms with van der Waals surface area (Å²) in [6.07, 6.45) is 4.91. The van der Waals surface area contributed by atoms with E-state index in [0.717, 1.165) is 62.9 Å². The molecule has 2 aliphatic rings. The Hall–Kier alpha value is -2.57. The zero-order chi connectivity index (χ0) is 20.1. The van der Waals surface area contributed by atoms with Gasteiger partial charge in [-0.15, -0.1) is 0 Å². The highest BCUT2D eigenvalue weighted by molar-refractivity contribution is 5.95. The van der Waals surface area contributed by atoms with Crippen molar-refractivity contribution >= 4 is 23.4 Å². The largest absolute Gasteiger partial charge is 0.469 e. The molecule has 1 amide bonds. The molecular formula is C21H30N4O3. The zero-order valence-electron chi connectivity index (χ0n) is 16.4. The molecule has 7 heteroatoms. The summed E-state index contributed by atoms with van der Waals surface area (Å²) in [5.41, 5.74) is 7.33. The van der Waals surface area contributed by atoms with E-state index in [1.165, 1.54) is 7.11 Å². The number of carbonyl (C=O) groups excluding carboxylic acids is 2. The second kappa shape index (κ2) is 9.08. The van der Waals surface area contributed by atoms with Gasteiger partial charge in [0.2, 0.25) is 5.91 Å². The van der Waals surface area contributed by atoms with E-state index in [0.29, 0.717) is 0 Å². The Balaban J connectivity index is 1.44. The number of nitrogens with zero attached hydrogens (tertiary/aromatic N) is 1. The van der Waals surface area contributed by atoms with Crippen molar-refractivity contribution in [1.82, 2.24) is 5.32 Å². The third-order valence-corrected chi connectivity index (χ3v) is 6.02. The molecule has 3 rings (SSSR count). The molecule has 28 heavy (non-hydrogen) atoms. The number of rotatable bonds is 5. The van der Waals surface area contributed by atoms with Crippen molar-refractivity contribution in [2.45, 2.75) is 44.6 Å². The van der Waals surface area contributed by atoms with Crippen LogP contribution in [0.1, 0.15) is 44.1 Å². The molecule has 2 fully saturated rings. The molecule has 0 spiro atoms. The SMILES string of the molecule is COC(=O)C1CCC(NC(=O)C2CCN(c3ccc(C(=N)N)cc3)CC2)CC1. The molecule has 4 N–H and O–H groups in total. The minimum Gasteiger partial charge on any atom is -0.469 e. The third kappa shape index (κ3) is 4.82. The average Bonchev–Trinajstić information content (AvgIpc) is 2.74. The number of nitrogens with one attached hydrogen (secondary N) is 2. The summed E-state index contributed by atoms with van der Waals surface area (Å²) < 4.78 is 4.82. The minimum absolute atomic E-state index is 0.0178. The number of benzene rings is 1. The monoisotopic (exact) mass is 386 g/mol. The Bertz CT molecular complexity index is 703. The number of ether oxygens (including phenoxy) is 1. The summed E-state index contributed by atoms with van der Waals surface area (Å²) in [6, 6.07) is 7.86. The van der Waals surface area contributed by atoms with Gasteiger partial charge in [0.25, 0.3) is 0 Å². The number of hydrogen-bond acceptors (Lipinski definition) is 5. The molecule has 1 saturated carbocycles. The van der Waals surface area contributed by atoms with Crippen molar-refractivity contribution in [3.05, 3.63) is 29.8 Å². The van der Waals surface area contributed by atoms with E-state index in [9.17, 15) is 9.59 Å². The van der Waals surface area contributed by atoms with Crippen molar-refractivity contribution in [3.8, 4) is 0 Å². The Morgan fingerprint density at radius 3 is 2.18 bits per heavy atom. The molecule has 0 unspecified atom stereocenters. The van der Waals surface area contributed by atoms with E-state index in [4.69, 9.17) is 15.9 Å². The molecule has 0 radical (unpaired) electrons. The van der Waals surface area contributed by atoms with Crippen molar-refractivity contribution in [2.75, 3.05) is 25.1 Å². The average molecular weight is 386 g/mol. The highest BCUT2D eigenvalue weighted by atomic mass is 16.5. The lowest BCUT2D eigenvalue weighted by molar-refractivity contribution is -0.146. The molecule has 1 heterocycles. The third-order valence-electron chi connectivity index (χ3n) is 6.02. The molecule has 0 bridgehead atoms. The second-order valence-corrected chi connectivity index (χ2v) is 7.80. The van der Waals surface area contributed by atoms with Crippen LogP contribution in [0.4, 0.5) is 5.69 Å². The maximum absolute atomic E-state index is 12.6. The summed E-state index contributed by atoms with van der Waals surface area (Å²) in [6.45, 7) is 1.68. The number of nitrogen functional groups attached to an aromatic ring is 1. The van der Waals surface area contributed by atoms with E-state index in [-0.39, 0.29) is 35.6 Å². The fraction of sp³-hybridized carbons (Fsp3) is 0.571. The number of methoxy groups -OCH3 is 1. The number of anilines is 1. The molecule has 1 aliphatic heterocycles. The zero-order valence-corrected chi connectivity index (χ0v) is 16.4. The van der Waals surface area contributed by atoms with Crippen LogP contribution in [0.2, 0.25) is 0 Å². The first-order valence-corrected chi connectivity index (χ1v) is 10.1. The van der Waals surface area contributed by atoms with E-state index < -0.39 is 0 Å². The fourth-order valence-electron chi connectivity index (χ4n) is 4.21. The van der Waals surface area contributed by atoms with Gasteiger partial charge in [-0.2, -0.15) is 0 Å². The lowest BCUT2D eigenvalue weighted by Gasteiger charge is -2.34. The van der Waals surface area contributed by atoms with Gasteiger partial charge in [-0.25, -0.2) is 0 Å². The van der Waals surface area contributed by atoms with Gasteiger partial charge in [0.05, 0.1) is 13.0 Å². The first kappa shape index (κ1) is 20.2. The van der Waals surface area contributed by atoms with Crippen LogP contribution < -0.4 is 16.0 Å². The maximum Gasteiger partial charge on any atom is 0.308 e. The molecule has 0 atom stereocenters. The van der Waals surface area contributed by atoms with Crippen LogP contribution in [0.25, 0.3) is 0 Å². The number of hydrogen-bond donors (Lipinski definition) is 3.